The van der Waals surface area contributed by atoms with Gasteiger partial charge in [0.2, 0.25) is 5.88 Å². The van der Waals surface area contributed by atoms with Crippen molar-refractivity contribution in [3.63, 3.8) is 0 Å². The number of hydrogen-bond acceptors (Lipinski definition) is 2. The molecule has 0 saturated carbocycles. The molecular formula is C8H8N2O. The second kappa shape index (κ2) is 1.99. The lowest BCUT2D eigenvalue weighted by molar-refractivity contribution is 0.457. The Bertz CT molecular complexity index is 392. The lowest BCUT2D eigenvalue weighted by atomic mass is 10.3. The van der Waals surface area contributed by atoms with E-state index >= 15 is 0 Å². The average molecular weight is 148 g/mol. The van der Waals surface area contributed by atoms with Crippen LogP contribution in [-0.4, -0.2) is 14.7 Å². The molecule has 1 N–H and O–H groups in total. The Morgan fingerprint density at radius 2 is 2.27 bits per heavy atom. The minimum Gasteiger partial charge on any atom is -0.492 e. The first-order chi connectivity index (χ1) is 5.29. The van der Waals surface area contributed by atoms with Gasteiger partial charge >= 0.3 is 0 Å². The predicted octanol–water partition coefficient (Wildman–Crippen LogP) is 1.28. The smallest absolute Gasteiger partial charge is 0.236 e. The average Bonchev–Trinajstić information content (AvgIpc) is 2.34. The van der Waals surface area contributed by atoms with Gasteiger partial charge in [-0.3, -0.25) is 0 Å². The number of fused-ring (bicyclic) bond motifs is 1. The zero-order chi connectivity index (χ0) is 7.84. The summed E-state index contributed by atoms with van der Waals surface area (Å²) in [4.78, 5) is 3.78. The molecule has 3 nitrogen and oxygen atoms in total. The Kier molecular flexibility index (Phi) is 1.12. The van der Waals surface area contributed by atoms with E-state index in [1.807, 2.05) is 29.9 Å². The van der Waals surface area contributed by atoms with Gasteiger partial charge in [0.15, 0.2) is 0 Å². The molecule has 0 spiro atoms. The fourth-order valence-corrected chi connectivity index (χ4v) is 1.22. The number of aromatic hydroxyl groups is 1. The van der Waals surface area contributed by atoms with E-state index < -0.39 is 0 Å². The van der Waals surface area contributed by atoms with Crippen molar-refractivity contribution in [2.75, 3.05) is 0 Å². The van der Waals surface area contributed by atoms with Crippen LogP contribution in [0.25, 0.3) is 10.9 Å². The number of aryl methyl sites for hydroxylation is 1. The van der Waals surface area contributed by atoms with Gasteiger partial charge in [0, 0.05) is 24.8 Å². The molecule has 3 heteroatoms. The van der Waals surface area contributed by atoms with Crippen molar-refractivity contribution in [3.05, 3.63) is 24.5 Å². The summed E-state index contributed by atoms with van der Waals surface area (Å²) in [5.74, 6) is 0.0926. The van der Waals surface area contributed by atoms with Crippen molar-refractivity contribution in [2.45, 2.75) is 0 Å². The van der Waals surface area contributed by atoms with E-state index in [0.717, 1.165) is 10.9 Å². The van der Waals surface area contributed by atoms with Gasteiger partial charge in [0.25, 0.3) is 0 Å². The van der Waals surface area contributed by atoms with Crippen molar-refractivity contribution in [1.82, 2.24) is 9.55 Å². The maximum atomic E-state index is 9.31. The normalized spacial score (nSPS) is 10.6. The Hall–Kier alpha value is -1.51. The van der Waals surface area contributed by atoms with E-state index in [-0.39, 0.29) is 5.88 Å². The van der Waals surface area contributed by atoms with Gasteiger partial charge < -0.3 is 9.67 Å². The Morgan fingerprint density at radius 1 is 1.45 bits per heavy atom. The maximum absolute atomic E-state index is 9.31. The summed E-state index contributed by atoms with van der Waals surface area (Å²) in [5.41, 5.74) is 0.785. The van der Waals surface area contributed by atoms with Gasteiger partial charge in [0.05, 0.1) is 0 Å². The molecule has 0 aliphatic carbocycles. The van der Waals surface area contributed by atoms with Crippen LogP contribution < -0.4 is 0 Å². The number of nitrogens with zero attached hydrogens (tertiary/aromatic N) is 2. The highest BCUT2D eigenvalue weighted by atomic mass is 16.3. The highest BCUT2D eigenvalue weighted by Gasteiger charge is 2.02. The van der Waals surface area contributed by atoms with Gasteiger partial charge in [-0.05, 0) is 12.1 Å². The fourth-order valence-electron chi connectivity index (χ4n) is 1.22. The van der Waals surface area contributed by atoms with E-state index in [0.29, 0.717) is 0 Å². The third-order valence-corrected chi connectivity index (χ3v) is 1.77. The molecule has 0 aliphatic heterocycles. The molecule has 0 bridgehead atoms. The summed E-state index contributed by atoms with van der Waals surface area (Å²) < 4.78 is 1.84. The van der Waals surface area contributed by atoms with Gasteiger partial charge in [-0.2, -0.15) is 0 Å². The quantitative estimate of drug-likeness (QED) is 0.611. The molecule has 0 atom stereocenters. The van der Waals surface area contributed by atoms with Gasteiger partial charge in [-0.25, -0.2) is 4.98 Å². The highest BCUT2D eigenvalue weighted by Crippen LogP contribution is 2.21. The van der Waals surface area contributed by atoms with E-state index in [9.17, 15) is 5.11 Å². The summed E-state index contributed by atoms with van der Waals surface area (Å²) in [6.07, 6.45) is 3.49. The van der Waals surface area contributed by atoms with Gasteiger partial charge in [0.1, 0.15) is 5.52 Å². The molecule has 0 fully saturated rings. The summed E-state index contributed by atoms with van der Waals surface area (Å²) in [6.45, 7) is 0. The topological polar surface area (TPSA) is 38.0 Å². The minimum absolute atomic E-state index is 0.0926. The molecule has 2 aromatic rings. The first kappa shape index (κ1) is 6.22. The predicted molar refractivity (Wildman–Crippen MR) is 42.4 cm³/mol. The van der Waals surface area contributed by atoms with Crippen molar-refractivity contribution in [2.24, 2.45) is 7.05 Å². The fraction of sp³-hybridized carbons (Fsp3) is 0.125. The van der Waals surface area contributed by atoms with Gasteiger partial charge in [-0.15, -0.1) is 0 Å². The summed E-state index contributed by atoms with van der Waals surface area (Å²) in [7, 11) is 1.88. The lowest BCUT2D eigenvalue weighted by Crippen LogP contribution is -1.85. The molecule has 2 rings (SSSR count). The molecule has 0 saturated heterocycles. The molecule has 11 heavy (non-hydrogen) atoms. The van der Waals surface area contributed by atoms with E-state index in [1.165, 1.54) is 0 Å². The van der Waals surface area contributed by atoms with Crippen LogP contribution in [0.2, 0.25) is 0 Å². The minimum atomic E-state index is 0.0926. The molecule has 56 valence electrons. The van der Waals surface area contributed by atoms with Crippen LogP contribution in [0.3, 0.4) is 0 Å². The van der Waals surface area contributed by atoms with Crippen molar-refractivity contribution < 1.29 is 5.11 Å². The molecule has 0 radical (unpaired) electrons. The van der Waals surface area contributed by atoms with Crippen LogP contribution in [0, 0.1) is 0 Å². The summed E-state index contributed by atoms with van der Waals surface area (Å²) in [5, 5.41) is 10.3. The Balaban J connectivity index is 2.96. The highest BCUT2D eigenvalue weighted by molar-refractivity contribution is 5.83. The van der Waals surface area contributed by atoms with E-state index in [2.05, 4.69) is 4.98 Å². The number of rotatable bonds is 0. The number of aromatic nitrogens is 2. The monoisotopic (exact) mass is 148 g/mol. The first-order valence-electron chi connectivity index (χ1n) is 3.38. The van der Waals surface area contributed by atoms with Crippen molar-refractivity contribution >= 4 is 10.9 Å². The molecular weight excluding hydrogens is 140 g/mol. The van der Waals surface area contributed by atoms with Crippen LogP contribution in [0.15, 0.2) is 24.5 Å². The first-order valence-corrected chi connectivity index (χ1v) is 3.38. The third-order valence-electron chi connectivity index (χ3n) is 1.77. The molecule has 0 amide bonds. The lowest BCUT2D eigenvalue weighted by Gasteiger charge is -1.96. The van der Waals surface area contributed by atoms with Crippen LogP contribution in [-0.2, 0) is 7.05 Å². The largest absolute Gasteiger partial charge is 0.492 e. The molecule has 2 aromatic heterocycles. The van der Waals surface area contributed by atoms with Crippen LogP contribution >= 0.6 is 0 Å². The molecule has 2 heterocycles. The maximum Gasteiger partial charge on any atom is 0.236 e. The van der Waals surface area contributed by atoms with Gasteiger partial charge in [-0.1, -0.05) is 0 Å². The van der Waals surface area contributed by atoms with Crippen LogP contribution in [0.5, 0.6) is 5.88 Å². The molecule has 0 aliphatic rings. The zero-order valence-electron chi connectivity index (χ0n) is 6.15. The van der Waals surface area contributed by atoms with E-state index in [1.54, 1.807) is 6.20 Å². The van der Waals surface area contributed by atoms with Crippen molar-refractivity contribution in [1.29, 1.82) is 0 Å². The summed E-state index contributed by atoms with van der Waals surface area (Å²) in [6, 6.07) is 3.81. The second-order valence-corrected chi connectivity index (χ2v) is 2.50. The standard InChI is InChI=1S/C8H8N2O/c1-10-5-3-6-2-4-9-8(11)7(6)10/h2-5H,1H3,(H,9,11). The number of pyridine rings is 1. The SMILES string of the molecule is Cn1ccc2ccnc(O)c21. The van der Waals surface area contributed by atoms with E-state index in [4.69, 9.17) is 0 Å². The molecule has 0 aromatic carbocycles. The Morgan fingerprint density at radius 3 is 3.00 bits per heavy atom. The summed E-state index contributed by atoms with van der Waals surface area (Å²) >= 11 is 0. The zero-order valence-corrected chi connectivity index (χ0v) is 6.15. The Labute approximate surface area is 63.9 Å². The third kappa shape index (κ3) is 0.774. The van der Waals surface area contributed by atoms with Crippen LogP contribution in [0.4, 0.5) is 0 Å². The molecule has 0 unspecified atom stereocenters. The number of hydrogen-bond donors (Lipinski definition) is 1. The van der Waals surface area contributed by atoms with Crippen molar-refractivity contribution in [3.8, 4) is 5.88 Å². The second-order valence-electron chi connectivity index (χ2n) is 2.50. The van der Waals surface area contributed by atoms with Crippen LogP contribution in [0.1, 0.15) is 0 Å².